The Morgan fingerprint density at radius 2 is 1.27 bits per heavy atom. The molecule has 0 saturated heterocycles. The lowest BCUT2D eigenvalue weighted by atomic mass is 10.0. The van der Waals surface area contributed by atoms with Crippen LogP contribution in [0.25, 0.3) is 0 Å². The standard InChI is InChI=1S/C17H37N4P/c1-7-19(8-2)22(20(9-3)10-4)21(11-5)16-14-17(6)13-12-15-18/h17H,7-14,16H2,1-6H3. The number of nitrogens with zero attached hydrogens (tertiary/aromatic N) is 4. The minimum atomic E-state index is -0.360. The van der Waals surface area contributed by atoms with Gasteiger partial charge in [0.05, 0.1) is 6.07 Å². The average Bonchev–Trinajstić information content (AvgIpc) is 2.54. The highest BCUT2D eigenvalue weighted by molar-refractivity contribution is 7.50. The Labute approximate surface area is 140 Å². The molecule has 0 aromatic carbocycles. The first-order chi connectivity index (χ1) is 10.6. The summed E-state index contributed by atoms with van der Waals surface area (Å²) < 4.78 is 7.90. The predicted molar refractivity (Wildman–Crippen MR) is 98.6 cm³/mol. The molecule has 0 rings (SSSR count). The molecule has 1 unspecified atom stereocenters. The van der Waals surface area contributed by atoms with Gasteiger partial charge in [0, 0.05) is 45.7 Å². The fraction of sp³-hybridized carbons (Fsp3) is 0.941. The second-order valence-corrected chi connectivity index (χ2v) is 7.92. The van der Waals surface area contributed by atoms with Gasteiger partial charge in [-0.2, -0.15) is 5.26 Å². The Morgan fingerprint density at radius 3 is 1.64 bits per heavy atom. The van der Waals surface area contributed by atoms with Crippen LogP contribution in [-0.4, -0.2) is 53.3 Å². The van der Waals surface area contributed by atoms with E-state index >= 15 is 0 Å². The Kier molecular flexibility index (Phi) is 13.1. The topological polar surface area (TPSA) is 33.5 Å². The van der Waals surface area contributed by atoms with Gasteiger partial charge in [0.1, 0.15) is 8.37 Å². The van der Waals surface area contributed by atoms with Gasteiger partial charge in [0.25, 0.3) is 0 Å². The molecule has 5 heteroatoms. The van der Waals surface area contributed by atoms with E-state index in [1.54, 1.807) is 0 Å². The minimum Gasteiger partial charge on any atom is -0.258 e. The van der Waals surface area contributed by atoms with E-state index in [1.807, 2.05) is 0 Å². The van der Waals surface area contributed by atoms with Gasteiger partial charge in [-0.1, -0.05) is 41.5 Å². The molecule has 22 heavy (non-hydrogen) atoms. The van der Waals surface area contributed by atoms with Crippen molar-refractivity contribution in [2.24, 2.45) is 5.92 Å². The van der Waals surface area contributed by atoms with Crippen molar-refractivity contribution in [3.8, 4) is 6.07 Å². The normalized spacial score (nSPS) is 13.3. The third kappa shape index (κ3) is 7.38. The van der Waals surface area contributed by atoms with E-state index in [0.717, 1.165) is 45.7 Å². The zero-order valence-electron chi connectivity index (χ0n) is 15.7. The van der Waals surface area contributed by atoms with E-state index in [9.17, 15) is 0 Å². The smallest absolute Gasteiger partial charge is 0.120 e. The summed E-state index contributed by atoms with van der Waals surface area (Å²) in [5.74, 6) is 0.638. The average molecular weight is 328 g/mol. The van der Waals surface area contributed by atoms with E-state index in [-0.39, 0.29) is 8.37 Å². The van der Waals surface area contributed by atoms with Crippen LogP contribution in [0.1, 0.15) is 60.8 Å². The minimum absolute atomic E-state index is 0.360. The Hall–Kier alpha value is -0.200. The second-order valence-electron chi connectivity index (χ2n) is 5.68. The summed E-state index contributed by atoms with van der Waals surface area (Å²) in [6.45, 7) is 20.3. The lowest BCUT2D eigenvalue weighted by molar-refractivity contribution is 0.325. The quantitative estimate of drug-likeness (QED) is 0.464. The summed E-state index contributed by atoms with van der Waals surface area (Å²) in [6.07, 6.45) is 2.91. The van der Waals surface area contributed by atoms with E-state index in [2.05, 4.69) is 61.6 Å². The Bertz CT molecular complexity index is 286. The molecule has 0 heterocycles. The van der Waals surface area contributed by atoms with Crippen molar-refractivity contribution in [3.05, 3.63) is 0 Å². The van der Waals surface area contributed by atoms with Crippen LogP contribution >= 0.6 is 8.37 Å². The second kappa shape index (κ2) is 13.3. The molecular formula is C17H37N4P. The largest absolute Gasteiger partial charge is 0.258 e. The summed E-state index contributed by atoms with van der Waals surface area (Å²) in [7, 11) is -0.360. The summed E-state index contributed by atoms with van der Waals surface area (Å²) in [4.78, 5) is 0. The van der Waals surface area contributed by atoms with Gasteiger partial charge in [-0.05, 0) is 18.8 Å². The molecule has 0 aliphatic heterocycles. The maximum Gasteiger partial charge on any atom is 0.120 e. The van der Waals surface area contributed by atoms with Crippen LogP contribution in [0.2, 0.25) is 0 Å². The molecule has 0 N–H and O–H groups in total. The first-order valence-corrected chi connectivity index (χ1v) is 10.2. The van der Waals surface area contributed by atoms with Crippen LogP contribution in [0.15, 0.2) is 0 Å². The van der Waals surface area contributed by atoms with E-state index < -0.39 is 0 Å². The highest BCUT2D eigenvalue weighted by Crippen LogP contribution is 2.47. The van der Waals surface area contributed by atoms with Gasteiger partial charge < -0.3 is 0 Å². The Balaban J connectivity index is 4.86. The SMILES string of the molecule is CCN(CC)P(N(CC)CC)N(CC)CCC(C)CCC#N. The summed E-state index contributed by atoms with van der Waals surface area (Å²) in [6, 6.07) is 2.27. The molecule has 0 aliphatic carbocycles. The molecule has 0 fully saturated rings. The van der Waals surface area contributed by atoms with Crippen molar-refractivity contribution in [1.29, 1.82) is 5.26 Å². The molecule has 0 amide bonds. The maximum absolute atomic E-state index is 8.73. The third-order valence-electron chi connectivity index (χ3n) is 4.21. The number of hydrogen-bond acceptors (Lipinski definition) is 4. The molecule has 130 valence electrons. The molecule has 1 atom stereocenters. The highest BCUT2D eigenvalue weighted by atomic mass is 31.2. The van der Waals surface area contributed by atoms with E-state index in [1.165, 1.54) is 6.42 Å². The molecule has 0 aromatic heterocycles. The van der Waals surface area contributed by atoms with Gasteiger partial charge in [0.2, 0.25) is 0 Å². The van der Waals surface area contributed by atoms with Gasteiger partial charge in [-0.15, -0.1) is 0 Å². The number of nitriles is 1. The molecule has 0 radical (unpaired) electrons. The van der Waals surface area contributed by atoms with Crippen LogP contribution in [0.5, 0.6) is 0 Å². The molecule has 4 nitrogen and oxygen atoms in total. The third-order valence-corrected chi connectivity index (χ3v) is 7.35. The van der Waals surface area contributed by atoms with Gasteiger partial charge in [-0.3, -0.25) is 14.0 Å². The van der Waals surface area contributed by atoms with E-state index in [4.69, 9.17) is 5.26 Å². The van der Waals surface area contributed by atoms with Crippen molar-refractivity contribution in [2.75, 3.05) is 39.3 Å². The fourth-order valence-corrected chi connectivity index (χ4v) is 5.32. The van der Waals surface area contributed by atoms with Crippen molar-refractivity contribution < 1.29 is 0 Å². The zero-order chi connectivity index (χ0) is 17.0. The molecule has 0 bridgehead atoms. The molecule has 0 saturated carbocycles. The maximum atomic E-state index is 8.73. The summed E-state index contributed by atoms with van der Waals surface area (Å²) in [5.41, 5.74) is 0. The molecule has 0 aliphatic rings. The van der Waals surface area contributed by atoms with Crippen molar-refractivity contribution >= 4 is 8.37 Å². The van der Waals surface area contributed by atoms with Crippen LogP contribution in [-0.2, 0) is 0 Å². The monoisotopic (exact) mass is 328 g/mol. The first-order valence-electron chi connectivity index (χ1n) is 9.00. The van der Waals surface area contributed by atoms with Crippen LogP contribution in [0.4, 0.5) is 0 Å². The highest BCUT2D eigenvalue weighted by Gasteiger charge is 2.27. The van der Waals surface area contributed by atoms with Gasteiger partial charge in [0.15, 0.2) is 0 Å². The van der Waals surface area contributed by atoms with Gasteiger partial charge in [-0.25, -0.2) is 0 Å². The Morgan fingerprint density at radius 1 is 0.818 bits per heavy atom. The predicted octanol–water partition coefficient (Wildman–Crippen LogP) is 4.55. The molecular weight excluding hydrogens is 291 g/mol. The van der Waals surface area contributed by atoms with Crippen molar-refractivity contribution in [2.45, 2.75) is 60.8 Å². The van der Waals surface area contributed by atoms with Crippen LogP contribution in [0, 0.1) is 17.2 Å². The van der Waals surface area contributed by atoms with Gasteiger partial charge >= 0.3 is 0 Å². The van der Waals surface area contributed by atoms with Crippen molar-refractivity contribution in [1.82, 2.24) is 14.0 Å². The molecule has 0 spiro atoms. The number of rotatable bonds is 13. The lowest BCUT2D eigenvalue weighted by Gasteiger charge is -2.44. The van der Waals surface area contributed by atoms with Crippen LogP contribution < -0.4 is 0 Å². The van der Waals surface area contributed by atoms with Crippen molar-refractivity contribution in [3.63, 3.8) is 0 Å². The lowest BCUT2D eigenvalue weighted by Crippen LogP contribution is -2.38. The summed E-state index contributed by atoms with van der Waals surface area (Å²) >= 11 is 0. The number of hydrogen-bond donors (Lipinski definition) is 0. The van der Waals surface area contributed by atoms with E-state index in [0.29, 0.717) is 12.3 Å². The molecule has 0 aromatic rings. The van der Waals surface area contributed by atoms with Crippen LogP contribution in [0.3, 0.4) is 0 Å². The first kappa shape index (κ1) is 21.8. The zero-order valence-corrected chi connectivity index (χ0v) is 16.6. The fourth-order valence-electron chi connectivity index (χ4n) is 2.69. The summed E-state index contributed by atoms with van der Waals surface area (Å²) in [5, 5.41) is 8.73.